The molecule has 0 saturated carbocycles. The second-order valence-electron chi connectivity index (χ2n) is 5.82. The van der Waals surface area contributed by atoms with E-state index in [1.165, 1.54) is 0 Å². The third-order valence-corrected chi connectivity index (χ3v) is 4.99. The minimum atomic E-state index is -0.203. The van der Waals surface area contributed by atoms with Crippen LogP contribution in [-0.2, 0) is 0 Å². The average molecular weight is 354 g/mol. The fourth-order valence-electron chi connectivity index (χ4n) is 3.14. The summed E-state index contributed by atoms with van der Waals surface area (Å²) in [4.78, 5) is 15.7. The topological polar surface area (TPSA) is 56.6 Å². The molecule has 4 rings (SSSR count). The van der Waals surface area contributed by atoms with Crippen molar-refractivity contribution in [1.82, 2.24) is 4.98 Å². The number of nitrogens with zero attached hydrogens (tertiary/aromatic N) is 1. The molecule has 0 unspecified atom stereocenters. The van der Waals surface area contributed by atoms with Crippen LogP contribution in [0.25, 0.3) is 33.4 Å². The number of thiophene rings is 1. The van der Waals surface area contributed by atoms with Crippen molar-refractivity contribution in [1.29, 1.82) is 5.26 Å². The largest absolute Gasteiger partial charge is 0.328 e. The summed E-state index contributed by atoms with van der Waals surface area (Å²) in [6.07, 6.45) is 1.76. The van der Waals surface area contributed by atoms with E-state index in [0.717, 1.165) is 22.3 Å². The number of pyridine rings is 1. The molecule has 2 heterocycles. The Hall–Kier alpha value is -3.42. The fraction of sp³-hybridized carbons (Fsp3) is 0. The first-order valence-corrected chi connectivity index (χ1v) is 9.07. The zero-order chi connectivity index (χ0) is 17.9. The molecule has 26 heavy (non-hydrogen) atoms. The number of nitrogens with one attached hydrogen (secondary N) is 1. The molecule has 2 aromatic heterocycles. The maximum Gasteiger partial charge on any atom is 0.256 e. The van der Waals surface area contributed by atoms with E-state index in [4.69, 9.17) is 0 Å². The van der Waals surface area contributed by atoms with Crippen molar-refractivity contribution < 1.29 is 0 Å². The van der Waals surface area contributed by atoms with Crippen LogP contribution < -0.4 is 5.56 Å². The summed E-state index contributed by atoms with van der Waals surface area (Å²) in [5.41, 5.74) is 5.23. The Kier molecular flexibility index (Phi) is 4.22. The Bertz CT molecular complexity index is 1150. The van der Waals surface area contributed by atoms with E-state index in [1.54, 1.807) is 29.7 Å². The average Bonchev–Trinajstić information content (AvgIpc) is 3.23. The molecule has 4 aromatic rings. The maximum absolute atomic E-state index is 12.8. The van der Waals surface area contributed by atoms with Crippen LogP contribution in [0.15, 0.2) is 82.4 Å². The first-order valence-electron chi connectivity index (χ1n) is 8.13. The second kappa shape index (κ2) is 6.83. The van der Waals surface area contributed by atoms with Crippen molar-refractivity contribution in [2.24, 2.45) is 0 Å². The summed E-state index contributed by atoms with van der Waals surface area (Å²) in [5.74, 6) is 0. The molecule has 1 N–H and O–H groups in total. The van der Waals surface area contributed by atoms with E-state index in [2.05, 4.69) is 16.4 Å². The fourth-order valence-corrected chi connectivity index (χ4v) is 3.79. The molecule has 0 fully saturated rings. The SMILES string of the molecule is N#Cc1ccccc1-c1c(-c2ccccc2)c(-c2ccsc2)c[nH]c1=O. The molecule has 0 bridgehead atoms. The van der Waals surface area contributed by atoms with Crippen molar-refractivity contribution in [2.45, 2.75) is 0 Å². The van der Waals surface area contributed by atoms with Crippen molar-refractivity contribution in [3.05, 3.63) is 93.5 Å². The monoisotopic (exact) mass is 354 g/mol. The van der Waals surface area contributed by atoms with Gasteiger partial charge in [0.25, 0.3) is 5.56 Å². The molecule has 124 valence electrons. The van der Waals surface area contributed by atoms with Crippen molar-refractivity contribution in [3.63, 3.8) is 0 Å². The van der Waals surface area contributed by atoms with E-state index in [9.17, 15) is 10.1 Å². The maximum atomic E-state index is 12.8. The third kappa shape index (κ3) is 2.75. The van der Waals surface area contributed by atoms with Gasteiger partial charge < -0.3 is 4.98 Å². The van der Waals surface area contributed by atoms with Crippen LogP contribution in [0.1, 0.15) is 5.56 Å². The van der Waals surface area contributed by atoms with Crippen molar-refractivity contribution in [2.75, 3.05) is 0 Å². The van der Waals surface area contributed by atoms with Crippen LogP contribution in [0.3, 0.4) is 0 Å². The summed E-state index contributed by atoms with van der Waals surface area (Å²) < 4.78 is 0. The van der Waals surface area contributed by atoms with Crippen LogP contribution >= 0.6 is 11.3 Å². The molecule has 0 saturated heterocycles. The van der Waals surface area contributed by atoms with E-state index in [-0.39, 0.29) is 5.56 Å². The van der Waals surface area contributed by atoms with Gasteiger partial charge in [0.1, 0.15) is 0 Å². The third-order valence-electron chi connectivity index (χ3n) is 4.31. The Morgan fingerprint density at radius 3 is 2.35 bits per heavy atom. The van der Waals surface area contributed by atoms with Crippen molar-refractivity contribution >= 4 is 11.3 Å². The van der Waals surface area contributed by atoms with E-state index >= 15 is 0 Å². The summed E-state index contributed by atoms with van der Waals surface area (Å²) in [6.45, 7) is 0. The van der Waals surface area contributed by atoms with E-state index < -0.39 is 0 Å². The molecule has 0 aliphatic carbocycles. The number of benzene rings is 2. The number of hydrogen-bond acceptors (Lipinski definition) is 3. The van der Waals surface area contributed by atoms with Gasteiger partial charge >= 0.3 is 0 Å². The van der Waals surface area contributed by atoms with Gasteiger partial charge in [-0.05, 0) is 34.0 Å². The molecule has 0 atom stereocenters. The second-order valence-corrected chi connectivity index (χ2v) is 6.60. The highest BCUT2D eigenvalue weighted by Gasteiger charge is 2.19. The highest BCUT2D eigenvalue weighted by molar-refractivity contribution is 7.08. The highest BCUT2D eigenvalue weighted by Crippen LogP contribution is 2.38. The van der Waals surface area contributed by atoms with Gasteiger partial charge in [-0.1, -0.05) is 48.5 Å². The normalized spacial score (nSPS) is 10.4. The molecule has 0 amide bonds. The lowest BCUT2D eigenvalue weighted by molar-refractivity contribution is 1.24. The van der Waals surface area contributed by atoms with Crippen LogP contribution in [0, 0.1) is 11.3 Å². The Morgan fingerprint density at radius 1 is 0.846 bits per heavy atom. The summed E-state index contributed by atoms with van der Waals surface area (Å²) in [5, 5.41) is 13.6. The summed E-state index contributed by atoms with van der Waals surface area (Å²) in [7, 11) is 0. The van der Waals surface area contributed by atoms with Gasteiger partial charge in [0.2, 0.25) is 0 Å². The van der Waals surface area contributed by atoms with Gasteiger partial charge in [-0.2, -0.15) is 16.6 Å². The van der Waals surface area contributed by atoms with Crippen LogP contribution in [-0.4, -0.2) is 4.98 Å². The lowest BCUT2D eigenvalue weighted by atomic mass is 9.89. The van der Waals surface area contributed by atoms with Crippen LogP contribution in [0.5, 0.6) is 0 Å². The predicted molar refractivity (Wildman–Crippen MR) is 106 cm³/mol. The Morgan fingerprint density at radius 2 is 1.62 bits per heavy atom. The van der Waals surface area contributed by atoms with E-state index in [0.29, 0.717) is 16.7 Å². The van der Waals surface area contributed by atoms with Gasteiger partial charge in [-0.3, -0.25) is 4.79 Å². The van der Waals surface area contributed by atoms with Gasteiger partial charge in [0.05, 0.1) is 17.2 Å². The van der Waals surface area contributed by atoms with Gasteiger partial charge in [0.15, 0.2) is 0 Å². The predicted octanol–water partition coefficient (Wildman–Crippen LogP) is 5.31. The molecule has 4 heteroatoms. The number of nitriles is 1. The number of H-pyrrole nitrogens is 1. The molecule has 0 spiro atoms. The minimum absolute atomic E-state index is 0.203. The van der Waals surface area contributed by atoms with E-state index in [1.807, 2.05) is 53.9 Å². The number of rotatable bonds is 3. The first kappa shape index (κ1) is 16.1. The molecule has 0 aliphatic rings. The Balaban J connectivity index is 2.14. The van der Waals surface area contributed by atoms with Crippen LogP contribution in [0.2, 0.25) is 0 Å². The molecule has 2 aromatic carbocycles. The number of aromatic nitrogens is 1. The summed E-state index contributed by atoms with van der Waals surface area (Å²) >= 11 is 1.61. The smallest absolute Gasteiger partial charge is 0.256 e. The quantitative estimate of drug-likeness (QED) is 0.542. The molecule has 0 aliphatic heterocycles. The van der Waals surface area contributed by atoms with Crippen molar-refractivity contribution in [3.8, 4) is 39.4 Å². The Labute approximate surface area is 154 Å². The molecular formula is C22H14N2OS. The molecule has 3 nitrogen and oxygen atoms in total. The van der Waals surface area contributed by atoms with Crippen LogP contribution in [0.4, 0.5) is 0 Å². The highest BCUT2D eigenvalue weighted by atomic mass is 32.1. The van der Waals surface area contributed by atoms with Gasteiger partial charge in [0, 0.05) is 22.9 Å². The number of aromatic amines is 1. The van der Waals surface area contributed by atoms with Gasteiger partial charge in [-0.15, -0.1) is 0 Å². The zero-order valence-electron chi connectivity index (χ0n) is 13.8. The number of hydrogen-bond donors (Lipinski definition) is 1. The lowest BCUT2D eigenvalue weighted by Gasteiger charge is -2.15. The molecular weight excluding hydrogens is 340 g/mol. The lowest BCUT2D eigenvalue weighted by Crippen LogP contribution is -2.12. The molecule has 0 radical (unpaired) electrons. The minimum Gasteiger partial charge on any atom is -0.328 e. The first-order chi connectivity index (χ1) is 12.8. The summed E-state index contributed by atoms with van der Waals surface area (Å²) in [6, 6.07) is 21.3. The zero-order valence-corrected chi connectivity index (χ0v) is 14.6. The standard InChI is InChI=1S/C22H14N2OS/c23-12-16-8-4-5-9-18(16)21-20(15-6-2-1-3-7-15)19(13-24-22(21)25)17-10-11-26-14-17/h1-11,13-14H,(H,24,25). The van der Waals surface area contributed by atoms with Gasteiger partial charge in [-0.25, -0.2) is 0 Å².